The molecular weight excluding hydrogens is 226 g/mol. The summed E-state index contributed by atoms with van der Waals surface area (Å²) in [6, 6.07) is 14.3. The molecule has 0 aromatic heterocycles. The zero-order chi connectivity index (χ0) is 12.5. The first-order chi connectivity index (χ1) is 8.77. The van der Waals surface area contributed by atoms with E-state index in [0.29, 0.717) is 6.54 Å². The van der Waals surface area contributed by atoms with Crippen molar-refractivity contribution in [2.45, 2.75) is 5.92 Å². The molecule has 1 saturated heterocycles. The number of carboxylic acids is 1. The Hall–Kier alpha value is -1.87. The summed E-state index contributed by atoms with van der Waals surface area (Å²) in [7, 11) is 0. The number of fused-ring (bicyclic) bond motifs is 1. The predicted molar refractivity (Wildman–Crippen MR) is 70.7 cm³/mol. The molecule has 2 N–H and O–H groups in total. The number of carboxylic acid groups (broad SMARTS) is 1. The van der Waals surface area contributed by atoms with Gasteiger partial charge >= 0.3 is 5.97 Å². The fourth-order valence-corrected chi connectivity index (χ4v) is 2.84. The van der Waals surface area contributed by atoms with E-state index in [9.17, 15) is 9.90 Å². The van der Waals surface area contributed by atoms with Crippen molar-refractivity contribution in [3.63, 3.8) is 0 Å². The number of hydrogen-bond acceptors (Lipinski definition) is 2. The number of hydrogen-bond donors (Lipinski definition) is 2. The van der Waals surface area contributed by atoms with Crippen LogP contribution in [0.4, 0.5) is 0 Å². The van der Waals surface area contributed by atoms with Crippen molar-refractivity contribution in [2.24, 2.45) is 5.92 Å². The minimum Gasteiger partial charge on any atom is -0.481 e. The van der Waals surface area contributed by atoms with Gasteiger partial charge in [0.1, 0.15) is 0 Å². The van der Waals surface area contributed by atoms with E-state index >= 15 is 0 Å². The smallest absolute Gasteiger partial charge is 0.308 e. The van der Waals surface area contributed by atoms with Crippen molar-refractivity contribution in [1.82, 2.24) is 5.32 Å². The normalized spacial score (nSPS) is 23.3. The van der Waals surface area contributed by atoms with Gasteiger partial charge in [0.15, 0.2) is 0 Å². The molecule has 1 heterocycles. The van der Waals surface area contributed by atoms with Gasteiger partial charge in [-0.1, -0.05) is 42.5 Å². The lowest BCUT2D eigenvalue weighted by Gasteiger charge is -2.17. The van der Waals surface area contributed by atoms with Crippen molar-refractivity contribution in [2.75, 3.05) is 13.1 Å². The van der Waals surface area contributed by atoms with E-state index in [1.54, 1.807) is 0 Å². The number of rotatable bonds is 2. The zero-order valence-electron chi connectivity index (χ0n) is 9.97. The molecule has 0 spiro atoms. The third-order valence-corrected chi connectivity index (χ3v) is 3.75. The lowest BCUT2D eigenvalue weighted by molar-refractivity contribution is -0.141. The molecule has 2 aromatic carbocycles. The van der Waals surface area contributed by atoms with E-state index in [0.717, 1.165) is 12.1 Å². The van der Waals surface area contributed by atoms with Gasteiger partial charge in [-0.25, -0.2) is 0 Å². The quantitative estimate of drug-likeness (QED) is 0.847. The number of aliphatic carboxylic acids is 1. The third kappa shape index (κ3) is 1.77. The van der Waals surface area contributed by atoms with E-state index in [4.69, 9.17) is 0 Å². The van der Waals surface area contributed by atoms with Gasteiger partial charge in [0.25, 0.3) is 0 Å². The molecule has 2 atom stereocenters. The van der Waals surface area contributed by atoms with Crippen LogP contribution in [0.5, 0.6) is 0 Å². The second-order valence-electron chi connectivity index (χ2n) is 4.78. The second kappa shape index (κ2) is 4.42. The van der Waals surface area contributed by atoms with Gasteiger partial charge in [-0.05, 0) is 16.3 Å². The molecule has 0 saturated carbocycles. The first-order valence-electron chi connectivity index (χ1n) is 6.18. The molecule has 18 heavy (non-hydrogen) atoms. The van der Waals surface area contributed by atoms with Crippen molar-refractivity contribution < 1.29 is 9.90 Å². The molecule has 1 aliphatic rings. The molecule has 0 bridgehead atoms. The Morgan fingerprint density at radius 2 is 1.89 bits per heavy atom. The monoisotopic (exact) mass is 241 g/mol. The molecule has 0 unspecified atom stereocenters. The molecule has 3 nitrogen and oxygen atoms in total. The minimum atomic E-state index is -0.710. The molecule has 92 valence electrons. The Labute approximate surface area is 105 Å². The molecule has 2 aromatic rings. The summed E-state index contributed by atoms with van der Waals surface area (Å²) in [5.41, 5.74) is 1.14. The van der Waals surface area contributed by atoms with E-state index in [-0.39, 0.29) is 11.8 Å². The average molecular weight is 241 g/mol. The molecule has 0 amide bonds. The molecule has 1 fully saturated rings. The van der Waals surface area contributed by atoms with Crippen LogP contribution in [0.2, 0.25) is 0 Å². The molecule has 0 radical (unpaired) electrons. The van der Waals surface area contributed by atoms with E-state index < -0.39 is 5.97 Å². The van der Waals surface area contributed by atoms with Gasteiger partial charge in [0.05, 0.1) is 5.92 Å². The fourth-order valence-electron chi connectivity index (χ4n) is 2.84. The molecule has 1 aliphatic heterocycles. The van der Waals surface area contributed by atoms with Crippen molar-refractivity contribution >= 4 is 16.7 Å². The van der Waals surface area contributed by atoms with Gasteiger partial charge in [0, 0.05) is 19.0 Å². The van der Waals surface area contributed by atoms with Gasteiger partial charge in [0.2, 0.25) is 0 Å². The van der Waals surface area contributed by atoms with Crippen LogP contribution in [-0.2, 0) is 4.79 Å². The average Bonchev–Trinajstić information content (AvgIpc) is 2.87. The van der Waals surface area contributed by atoms with Crippen LogP contribution in [0.3, 0.4) is 0 Å². The van der Waals surface area contributed by atoms with Crippen molar-refractivity contribution in [3.8, 4) is 0 Å². The lowest BCUT2D eigenvalue weighted by Crippen LogP contribution is -2.21. The predicted octanol–water partition coefficient (Wildman–Crippen LogP) is 2.23. The highest BCUT2D eigenvalue weighted by Gasteiger charge is 2.34. The topological polar surface area (TPSA) is 49.3 Å². The Bertz CT molecular complexity index is 589. The van der Waals surface area contributed by atoms with Crippen LogP contribution in [-0.4, -0.2) is 24.2 Å². The van der Waals surface area contributed by atoms with E-state index in [1.165, 1.54) is 10.8 Å². The first-order valence-corrected chi connectivity index (χ1v) is 6.18. The molecule has 0 aliphatic carbocycles. The number of nitrogens with one attached hydrogen (secondary N) is 1. The largest absolute Gasteiger partial charge is 0.481 e. The van der Waals surface area contributed by atoms with E-state index in [2.05, 4.69) is 29.6 Å². The van der Waals surface area contributed by atoms with Crippen LogP contribution in [0.15, 0.2) is 42.5 Å². The van der Waals surface area contributed by atoms with Gasteiger partial charge in [-0.15, -0.1) is 0 Å². The van der Waals surface area contributed by atoms with Gasteiger partial charge < -0.3 is 10.4 Å². The molecule has 3 rings (SSSR count). The van der Waals surface area contributed by atoms with Gasteiger partial charge in [-0.3, -0.25) is 4.79 Å². The van der Waals surface area contributed by atoms with Crippen LogP contribution in [0, 0.1) is 5.92 Å². The Kier molecular flexibility index (Phi) is 2.76. The highest BCUT2D eigenvalue weighted by atomic mass is 16.4. The summed E-state index contributed by atoms with van der Waals surface area (Å²) in [6.45, 7) is 1.30. The van der Waals surface area contributed by atoms with Crippen molar-refractivity contribution in [3.05, 3.63) is 48.0 Å². The van der Waals surface area contributed by atoms with Gasteiger partial charge in [-0.2, -0.15) is 0 Å². The Balaban J connectivity index is 2.11. The van der Waals surface area contributed by atoms with Crippen LogP contribution < -0.4 is 5.32 Å². The SMILES string of the molecule is O=C(O)[C@H]1CNC[C@@H]1c1cccc2ccccc12. The summed E-state index contributed by atoms with van der Waals surface area (Å²) in [5, 5.41) is 14.8. The number of benzene rings is 2. The number of carbonyl (C=O) groups is 1. The Morgan fingerprint density at radius 1 is 1.11 bits per heavy atom. The molecule has 3 heteroatoms. The van der Waals surface area contributed by atoms with Crippen LogP contribution in [0.25, 0.3) is 10.8 Å². The maximum atomic E-state index is 11.3. The summed E-state index contributed by atoms with van der Waals surface area (Å²) < 4.78 is 0. The fraction of sp³-hybridized carbons (Fsp3) is 0.267. The van der Waals surface area contributed by atoms with Crippen LogP contribution in [0.1, 0.15) is 11.5 Å². The van der Waals surface area contributed by atoms with Crippen LogP contribution >= 0.6 is 0 Å². The molecular formula is C15H15NO2. The maximum Gasteiger partial charge on any atom is 0.308 e. The standard InChI is InChI=1S/C15H15NO2/c17-15(18)14-9-16-8-13(14)12-7-3-5-10-4-1-2-6-11(10)12/h1-7,13-14,16H,8-9H2,(H,17,18)/t13-,14+/m1/s1. The second-order valence-corrected chi connectivity index (χ2v) is 4.78. The maximum absolute atomic E-state index is 11.3. The third-order valence-electron chi connectivity index (χ3n) is 3.75. The zero-order valence-corrected chi connectivity index (χ0v) is 9.97. The summed E-state index contributed by atoms with van der Waals surface area (Å²) in [5.74, 6) is -0.970. The highest BCUT2D eigenvalue weighted by Crippen LogP contribution is 2.33. The summed E-state index contributed by atoms with van der Waals surface area (Å²) in [6.07, 6.45) is 0. The summed E-state index contributed by atoms with van der Waals surface area (Å²) >= 11 is 0. The first kappa shape index (κ1) is 11.2. The van der Waals surface area contributed by atoms with E-state index in [1.807, 2.05) is 18.2 Å². The highest BCUT2D eigenvalue weighted by molar-refractivity contribution is 5.87. The minimum absolute atomic E-state index is 0.0635. The lowest BCUT2D eigenvalue weighted by atomic mass is 9.86. The summed E-state index contributed by atoms with van der Waals surface area (Å²) in [4.78, 5) is 11.3. The van der Waals surface area contributed by atoms with Crippen molar-refractivity contribution in [1.29, 1.82) is 0 Å². The Morgan fingerprint density at radius 3 is 2.72 bits per heavy atom.